The number of nitrogens with zero attached hydrogens (tertiary/aromatic N) is 3. The lowest BCUT2D eigenvalue weighted by Gasteiger charge is -2.27. The van der Waals surface area contributed by atoms with Crippen LogP contribution in [0.3, 0.4) is 0 Å². The maximum Gasteiger partial charge on any atom is 0.0596 e. The van der Waals surface area contributed by atoms with E-state index in [1.165, 1.54) is 45.4 Å². The van der Waals surface area contributed by atoms with Gasteiger partial charge in [0, 0.05) is 25.9 Å². The summed E-state index contributed by atoms with van der Waals surface area (Å²) in [5.74, 6) is 0. The summed E-state index contributed by atoms with van der Waals surface area (Å²) in [6, 6.07) is 0. The molecule has 4 heteroatoms. The minimum atomic E-state index is 0.945. The molecule has 0 saturated carbocycles. The Bertz CT molecular complexity index is 226. The molecule has 0 spiro atoms. The van der Waals surface area contributed by atoms with Gasteiger partial charge in [0.15, 0.2) is 0 Å². The van der Waals surface area contributed by atoms with Crippen molar-refractivity contribution in [2.24, 2.45) is 5.16 Å². The molecule has 1 N–H and O–H groups in total. The number of rotatable bonds is 4. The van der Waals surface area contributed by atoms with Crippen molar-refractivity contribution in [3.8, 4) is 0 Å². The Morgan fingerprint density at radius 3 is 2.06 bits per heavy atom. The lowest BCUT2D eigenvalue weighted by atomic mass is 10.1. The van der Waals surface area contributed by atoms with Crippen molar-refractivity contribution in [3.05, 3.63) is 0 Å². The summed E-state index contributed by atoms with van der Waals surface area (Å²) in [6.45, 7) is 7.22. The zero-order valence-corrected chi connectivity index (χ0v) is 10.1. The molecule has 0 aromatic rings. The highest BCUT2D eigenvalue weighted by Gasteiger charge is 2.16. The zero-order chi connectivity index (χ0) is 11.2. The number of hydrogen-bond donors (Lipinski definition) is 1. The van der Waals surface area contributed by atoms with E-state index < -0.39 is 0 Å². The van der Waals surface area contributed by atoms with Gasteiger partial charge in [0.25, 0.3) is 0 Å². The van der Waals surface area contributed by atoms with Gasteiger partial charge in [0.05, 0.1) is 5.71 Å². The van der Waals surface area contributed by atoms with E-state index in [-0.39, 0.29) is 0 Å². The van der Waals surface area contributed by atoms with Gasteiger partial charge in [-0.15, -0.1) is 0 Å². The van der Waals surface area contributed by atoms with E-state index in [0.717, 1.165) is 31.6 Å². The van der Waals surface area contributed by atoms with E-state index in [1.807, 2.05) is 0 Å². The lowest BCUT2D eigenvalue weighted by molar-refractivity contribution is 0.240. The highest BCUT2D eigenvalue weighted by Crippen LogP contribution is 2.10. The summed E-state index contributed by atoms with van der Waals surface area (Å²) < 4.78 is 0. The lowest BCUT2D eigenvalue weighted by Crippen LogP contribution is -2.36. The molecule has 0 radical (unpaired) electrons. The molecule has 92 valence electrons. The number of hydrogen-bond acceptors (Lipinski definition) is 4. The third-order valence-corrected chi connectivity index (χ3v) is 3.72. The van der Waals surface area contributed by atoms with E-state index in [1.54, 1.807) is 0 Å². The number of piperidine rings is 1. The average molecular weight is 225 g/mol. The van der Waals surface area contributed by atoms with Gasteiger partial charge in [0.2, 0.25) is 0 Å². The third-order valence-electron chi connectivity index (χ3n) is 3.72. The highest BCUT2D eigenvalue weighted by molar-refractivity contribution is 5.84. The number of likely N-dealkylation sites (tertiary alicyclic amines) is 2. The van der Waals surface area contributed by atoms with Gasteiger partial charge in [-0.05, 0) is 45.4 Å². The summed E-state index contributed by atoms with van der Waals surface area (Å²) in [5, 5.41) is 12.0. The van der Waals surface area contributed by atoms with E-state index >= 15 is 0 Å². The minimum absolute atomic E-state index is 0.945. The fraction of sp³-hybridized carbons (Fsp3) is 0.917. The molecular formula is C12H23N3O. The van der Waals surface area contributed by atoms with Crippen molar-refractivity contribution < 1.29 is 5.21 Å². The summed E-state index contributed by atoms with van der Waals surface area (Å²) in [6.07, 6.45) is 5.95. The molecule has 2 rings (SSSR count). The topological polar surface area (TPSA) is 39.1 Å². The van der Waals surface area contributed by atoms with Crippen LogP contribution < -0.4 is 0 Å². The summed E-state index contributed by atoms with van der Waals surface area (Å²) in [4.78, 5) is 5.06. The first-order chi connectivity index (χ1) is 7.88. The molecule has 0 amide bonds. The highest BCUT2D eigenvalue weighted by atomic mass is 16.4. The van der Waals surface area contributed by atoms with Gasteiger partial charge in [-0.1, -0.05) is 5.16 Å². The summed E-state index contributed by atoms with van der Waals surface area (Å²) in [7, 11) is 0. The zero-order valence-electron chi connectivity index (χ0n) is 10.1. The van der Waals surface area contributed by atoms with Crippen LogP contribution in [0.5, 0.6) is 0 Å². The van der Waals surface area contributed by atoms with Gasteiger partial charge in [-0.3, -0.25) is 0 Å². The first-order valence-corrected chi connectivity index (χ1v) is 6.53. The maximum atomic E-state index is 8.66. The van der Waals surface area contributed by atoms with Gasteiger partial charge >= 0.3 is 0 Å². The van der Waals surface area contributed by atoms with Crippen molar-refractivity contribution in [2.45, 2.75) is 32.1 Å². The molecular weight excluding hydrogens is 202 g/mol. The van der Waals surface area contributed by atoms with Crippen molar-refractivity contribution in [3.63, 3.8) is 0 Å². The monoisotopic (exact) mass is 225 g/mol. The van der Waals surface area contributed by atoms with Crippen LogP contribution in [-0.4, -0.2) is 60.0 Å². The molecule has 0 aromatic carbocycles. The molecule has 0 bridgehead atoms. The van der Waals surface area contributed by atoms with Crippen molar-refractivity contribution >= 4 is 5.71 Å². The Morgan fingerprint density at radius 2 is 1.50 bits per heavy atom. The van der Waals surface area contributed by atoms with Crippen molar-refractivity contribution in [1.82, 2.24) is 9.80 Å². The van der Waals surface area contributed by atoms with E-state index in [2.05, 4.69) is 15.0 Å². The third kappa shape index (κ3) is 3.46. The van der Waals surface area contributed by atoms with Gasteiger partial charge in [-0.25, -0.2) is 0 Å². The Labute approximate surface area is 97.9 Å². The molecule has 2 aliphatic heterocycles. The van der Waals surface area contributed by atoms with Gasteiger partial charge in [0.1, 0.15) is 0 Å². The molecule has 2 heterocycles. The molecule has 0 unspecified atom stereocenters. The first kappa shape index (κ1) is 11.9. The Kier molecular flexibility index (Phi) is 4.60. The van der Waals surface area contributed by atoms with Crippen LogP contribution >= 0.6 is 0 Å². The van der Waals surface area contributed by atoms with E-state index in [4.69, 9.17) is 5.21 Å². The van der Waals surface area contributed by atoms with Gasteiger partial charge in [-0.2, -0.15) is 0 Å². The van der Waals surface area contributed by atoms with E-state index in [0.29, 0.717) is 0 Å². The molecule has 16 heavy (non-hydrogen) atoms. The predicted octanol–water partition coefficient (Wildman–Crippen LogP) is 1.40. The minimum Gasteiger partial charge on any atom is -0.411 e. The number of oxime groups is 1. The second-order valence-corrected chi connectivity index (χ2v) is 4.91. The molecule has 0 aromatic heterocycles. The van der Waals surface area contributed by atoms with Crippen LogP contribution in [0.15, 0.2) is 5.16 Å². The van der Waals surface area contributed by atoms with Crippen LogP contribution in [0.2, 0.25) is 0 Å². The molecule has 2 aliphatic rings. The molecule has 2 fully saturated rings. The van der Waals surface area contributed by atoms with Crippen LogP contribution in [0.25, 0.3) is 0 Å². The van der Waals surface area contributed by atoms with Crippen molar-refractivity contribution in [1.29, 1.82) is 0 Å². The van der Waals surface area contributed by atoms with Crippen LogP contribution in [0.4, 0.5) is 0 Å². The normalized spacial score (nSPS) is 23.9. The Balaban J connectivity index is 1.56. The average Bonchev–Trinajstić information content (AvgIpc) is 2.83. The van der Waals surface area contributed by atoms with Crippen molar-refractivity contribution in [2.75, 3.05) is 39.3 Å². The van der Waals surface area contributed by atoms with E-state index in [9.17, 15) is 0 Å². The van der Waals surface area contributed by atoms with Crippen LogP contribution in [0.1, 0.15) is 32.1 Å². The first-order valence-electron chi connectivity index (χ1n) is 6.53. The molecule has 0 aliphatic carbocycles. The second-order valence-electron chi connectivity index (χ2n) is 4.91. The van der Waals surface area contributed by atoms with Crippen LogP contribution in [-0.2, 0) is 0 Å². The Morgan fingerprint density at radius 1 is 0.938 bits per heavy atom. The maximum absolute atomic E-state index is 8.66. The van der Waals surface area contributed by atoms with Crippen LogP contribution in [0, 0.1) is 0 Å². The molecule has 4 nitrogen and oxygen atoms in total. The summed E-state index contributed by atoms with van der Waals surface area (Å²) >= 11 is 0. The standard InChI is InChI=1S/C12H23N3O/c16-13-12-4-10-15(11-5-12)9-3-8-14-6-1-2-7-14/h16H,1-11H2. The van der Waals surface area contributed by atoms with Gasteiger partial charge < -0.3 is 15.0 Å². The quantitative estimate of drug-likeness (QED) is 0.580. The second kappa shape index (κ2) is 6.21. The molecule has 2 saturated heterocycles. The SMILES string of the molecule is ON=C1CCN(CCCN2CCCC2)CC1. The fourth-order valence-corrected chi connectivity index (χ4v) is 2.66. The smallest absolute Gasteiger partial charge is 0.0596 e. The summed E-state index contributed by atoms with van der Waals surface area (Å²) in [5.41, 5.74) is 0.968. The Hall–Kier alpha value is -0.610. The largest absolute Gasteiger partial charge is 0.411 e. The fourth-order valence-electron chi connectivity index (χ4n) is 2.66. The predicted molar refractivity (Wildman–Crippen MR) is 65.2 cm³/mol. The molecule has 0 atom stereocenters.